The van der Waals surface area contributed by atoms with Gasteiger partial charge in [-0.3, -0.25) is 4.79 Å². The van der Waals surface area contributed by atoms with Crippen LogP contribution in [0.3, 0.4) is 0 Å². The van der Waals surface area contributed by atoms with Crippen molar-refractivity contribution in [3.05, 3.63) is 59.1 Å². The Balaban J connectivity index is 2.18. The Morgan fingerprint density at radius 1 is 1.00 bits per heavy atom. The number of hydrogen-bond donors (Lipinski definition) is 1. The molecule has 0 fully saturated rings. The van der Waals surface area contributed by atoms with Crippen LogP contribution in [0.25, 0.3) is 0 Å². The number of nitrogens with one attached hydrogen (secondary N) is 1. The summed E-state index contributed by atoms with van der Waals surface area (Å²) in [6.07, 6.45) is 0. The first kappa shape index (κ1) is 22.4. The van der Waals surface area contributed by atoms with Gasteiger partial charge in [-0.05, 0) is 54.3 Å². The van der Waals surface area contributed by atoms with Crippen molar-refractivity contribution in [2.75, 3.05) is 18.4 Å². The number of carbonyl (C=O) groups excluding carboxylic acids is 1. The van der Waals surface area contributed by atoms with Crippen molar-refractivity contribution in [1.82, 2.24) is 4.31 Å². The summed E-state index contributed by atoms with van der Waals surface area (Å²) >= 11 is 5.91. The summed E-state index contributed by atoms with van der Waals surface area (Å²) in [6, 6.07) is 12.9. The molecule has 2 aromatic carbocycles. The molecule has 0 bridgehead atoms. The standard InChI is InChI=1S/C21H27ClN2O3S/c1-15(2)13-24(14-16(3)4)28(26,27)20-10-8-19(9-11-20)23-21(25)17-6-5-7-18(22)12-17/h5-12,15-16H,13-14H2,1-4H3,(H,23,25). The molecule has 0 saturated heterocycles. The number of hydrogen-bond acceptors (Lipinski definition) is 3. The largest absolute Gasteiger partial charge is 0.322 e. The molecular weight excluding hydrogens is 396 g/mol. The van der Waals surface area contributed by atoms with E-state index in [4.69, 9.17) is 11.6 Å². The summed E-state index contributed by atoms with van der Waals surface area (Å²) in [4.78, 5) is 12.5. The van der Waals surface area contributed by atoms with Gasteiger partial charge in [0, 0.05) is 29.4 Å². The first-order valence-electron chi connectivity index (χ1n) is 9.26. The molecule has 1 N–H and O–H groups in total. The second-order valence-electron chi connectivity index (χ2n) is 7.60. The Labute approximate surface area is 172 Å². The van der Waals surface area contributed by atoms with E-state index in [0.29, 0.717) is 29.4 Å². The Morgan fingerprint density at radius 3 is 2.07 bits per heavy atom. The molecular formula is C21H27ClN2O3S. The zero-order valence-corrected chi connectivity index (χ0v) is 18.2. The predicted octanol–water partition coefficient (Wildman–Crippen LogP) is 4.90. The van der Waals surface area contributed by atoms with Gasteiger partial charge in [-0.15, -0.1) is 0 Å². The fraction of sp³-hybridized carbons (Fsp3) is 0.381. The average Bonchev–Trinajstić information content (AvgIpc) is 2.61. The van der Waals surface area contributed by atoms with Crippen molar-refractivity contribution in [3.63, 3.8) is 0 Å². The van der Waals surface area contributed by atoms with Crippen LogP contribution in [0.1, 0.15) is 38.1 Å². The summed E-state index contributed by atoms with van der Waals surface area (Å²) in [6.45, 7) is 8.92. The van der Waals surface area contributed by atoms with Crippen LogP contribution in [0.4, 0.5) is 5.69 Å². The van der Waals surface area contributed by atoms with Crippen LogP contribution in [0.15, 0.2) is 53.4 Å². The molecule has 5 nitrogen and oxygen atoms in total. The topological polar surface area (TPSA) is 66.5 Å². The number of rotatable bonds is 8. The van der Waals surface area contributed by atoms with Gasteiger partial charge in [0.25, 0.3) is 5.91 Å². The number of sulfonamides is 1. The maximum Gasteiger partial charge on any atom is 0.255 e. The molecule has 0 aliphatic heterocycles. The van der Waals surface area contributed by atoms with Crippen molar-refractivity contribution in [2.24, 2.45) is 11.8 Å². The highest BCUT2D eigenvalue weighted by atomic mass is 35.5. The Kier molecular flexibility index (Phi) is 7.63. The van der Waals surface area contributed by atoms with E-state index in [1.54, 1.807) is 36.4 Å². The van der Waals surface area contributed by atoms with Crippen molar-refractivity contribution in [1.29, 1.82) is 0 Å². The van der Waals surface area contributed by atoms with E-state index in [-0.39, 0.29) is 22.6 Å². The first-order valence-corrected chi connectivity index (χ1v) is 11.1. The molecule has 0 spiro atoms. The quantitative estimate of drug-likeness (QED) is 0.658. The van der Waals surface area contributed by atoms with Gasteiger partial charge in [0.1, 0.15) is 0 Å². The smallest absolute Gasteiger partial charge is 0.255 e. The Morgan fingerprint density at radius 2 is 1.57 bits per heavy atom. The number of halogens is 1. The van der Waals surface area contributed by atoms with Crippen LogP contribution in [-0.2, 0) is 10.0 Å². The van der Waals surface area contributed by atoms with Crippen molar-refractivity contribution < 1.29 is 13.2 Å². The lowest BCUT2D eigenvalue weighted by Gasteiger charge is -2.25. The highest BCUT2D eigenvalue weighted by molar-refractivity contribution is 7.89. The van der Waals surface area contributed by atoms with Crippen molar-refractivity contribution >= 4 is 33.2 Å². The van der Waals surface area contributed by atoms with Crippen LogP contribution in [0.2, 0.25) is 5.02 Å². The molecule has 152 valence electrons. The lowest BCUT2D eigenvalue weighted by Crippen LogP contribution is -2.37. The number of amides is 1. The summed E-state index contributed by atoms with van der Waals surface area (Å²) < 4.78 is 27.6. The molecule has 0 radical (unpaired) electrons. The van der Waals surface area contributed by atoms with E-state index in [2.05, 4.69) is 5.32 Å². The molecule has 0 atom stereocenters. The van der Waals surface area contributed by atoms with Gasteiger partial charge in [-0.2, -0.15) is 4.31 Å². The van der Waals surface area contributed by atoms with Gasteiger partial charge in [0.15, 0.2) is 0 Å². The molecule has 0 heterocycles. The van der Waals surface area contributed by atoms with E-state index in [1.165, 1.54) is 16.4 Å². The number of anilines is 1. The highest BCUT2D eigenvalue weighted by Crippen LogP contribution is 2.21. The molecule has 1 amide bonds. The minimum Gasteiger partial charge on any atom is -0.322 e. The second kappa shape index (κ2) is 9.54. The molecule has 7 heteroatoms. The second-order valence-corrected chi connectivity index (χ2v) is 9.97. The van der Waals surface area contributed by atoms with Gasteiger partial charge < -0.3 is 5.32 Å². The van der Waals surface area contributed by atoms with Crippen LogP contribution in [0, 0.1) is 11.8 Å². The van der Waals surface area contributed by atoms with E-state index in [0.717, 1.165) is 0 Å². The molecule has 0 aromatic heterocycles. The lowest BCUT2D eigenvalue weighted by molar-refractivity contribution is 0.102. The fourth-order valence-electron chi connectivity index (χ4n) is 2.78. The molecule has 0 unspecified atom stereocenters. The van der Waals surface area contributed by atoms with Gasteiger partial charge in [-0.1, -0.05) is 45.4 Å². The van der Waals surface area contributed by atoms with E-state index in [1.807, 2.05) is 27.7 Å². The van der Waals surface area contributed by atoms with Crippen molar-refractivity contribution in [2.45, 2.75) is 32.6 Å². The third-order valence-electron chi connectivity index (χ3n) is 3.97. The molecule has 28 heavy (non-hydrogen) atoms. The normalized spacial score (nSPS) is 12.0. The van der Waals surface area contributed by atoms with Crippen LogP contribution >= 0.6 is 11.6 Å². The summed E-state index contributed by atoms with van der Waals surface area (Å²) in [5, 5.41) is 3.23. The van der Waals surface area contributed by atoms with Crippen LogP contribution in [-0.4, -0.2) is 31.7 Å². The molecule has 2 aromatic rings. The number of nitrogens with zero attached hydrogens (tertiary/aromatic N) is 1. The van der Waals surface area contributed by atoms with Crippen LogP contribution in [0.5, 0.6) is 0 Å². The number of carbonyl (C=O) groups is 1. The molecule has 0 saturated carbocycles. The predicted molar refractivity (Wildman–Crippen MR) is 114 cm³/mol. The SMILES string of the molecule is CC(C)CN(CC(C)C)S(=O)(=O)c1ccc(NC(=O)c2cccc(Cl)c2)cc1. The fourth-order valence-corrected chi connectivity index (χ4v) is 4.73. The first-order chi connectivity index (χ1) is 13.1. The summed E-state index contributed by atoms with van der Waals surface area (Å²) in [5.41, 5.74) is 0.951. The summed E-state index contributed by atoms with van der Waals surface area (Å²) in [7, 11) is -3.59. The summed E-state index contributed by atoms with van der Waals surface area (Å²) in [5.74, 6) is 0.147. The monoisotopic (exact) mass is 422 g/mol. The average molecular weight is 423 g/mol. The molecule has 0 aliphatic rings. The van der Waals surface area contributed by atoms with E-state index >= 15 is 0 Å². The zero-order valence-electron chi connectivity index (χ0n) is 16.6. The highest BCUT2D eigenvalue weighted by Gasteiger charge is 2.25. The van der Waals surface area contributed by atoms with E-state index in [9.17, 15) is 13.2 Å². The minimum atomic E-state index is -3.59. The molecule has 0 aliphatic carbocycles. The lowest BCUT2D eigenvalue weighted by atomic mass is 10.2. The minimum absolute atomic E-state index is 0.217. The maximum atomic E-state index is 13.0. The van der Waals surface area contributed by atoms with Crippen LogP contribution < -0.4 is 5.32 Å². The van der Waals surface area contributed by atoms with Crippen molar-refractivity contribution in [3.8, 4) is 0 Å². The van der Waals surface area contributed by atoms with Gasteiger partial charge in [0.05, 0.1) is 4.90 Å². The Hall–Kier alpha value is -1.89. The number of benzene rings is 2. The van der Waals surface area contributed by atoms with Gasteiger partial charge in [-0.25, -0.2) is 8.42 Å². The third-order valence-corrected chi connectivity index (χ3v) is 6.06. The van der Waals surface area contributed by atoms with Gasteiger partial charge >= 0.3 is 0 Å². The Bertz CT molecular complexity index is 900. The van der Waals surface area contributed by atoms with E-state index < -0.39 is 10.0 Å². The molecule has 2 rings (SSSR count). The third kappa shape index (κ3) is 6.06. The maximum absolute atomic E-state index is 13.0. The van der Waals surface area contributed by atoms with Gasteiger partial charge in [0.2, 0.25) is 10.0 Å². The zero-order chi connectivity index (χ0) is 20.9.